The number of fused-ring (bicyclic) bond motifs is 1. The van der Waals surface area contributed by atoms with Crippen molar-refractivity contribution in [1.82, 2.24) is 4.90 Å². The molecule has 0 unspecified atom stereocenters. The summed E-state index contributed by atoms with van der Waals surface area (Å²) < 4.78 is 16.5. The number of hydrogen-bond donors (Lipinski definition) is 0. The highest BCUT2D eigenvalue weighted by Gasteiger charge is 2.41. The molecule has 186 valence electrons. The SMILES string of the molecule is CCOc1cc(/C=C2/SC(=O)N([C@@H](C)C(=O)OC)C2=O)cc(Cl)c1OCc1cccc2ccccc12. The van der Waals surface area contributed by atoms with Gasteiger partial charge in [-0.05, 0) is 65.7 Å². The van der Waals surface area contributed by atoms with E-state index in [1.165, 1.54) is 20.1 Å². The summed E-state index contributed by atoms with van der Waals surface area (Å²) in [4.78, 5) is 38.1. The molecule has 3 aromatic carbocycles. The van der Waals surface area contributed by atoms with E-state index < -0.39 is 23.2 Å². The lowest BCUT2D eigenvalue weighted by Crippen LogP contribution is -2.42. The molecule has 7 nitrogen and oxygen atoms in total. The molecular weight excluding hydrogens is 502 g/mol. The quantitative estimate of drug-likeness (QED) is 0.261. The number of carbonyl (C=O) groups is 3. The number of amides is 2. The standard InChI is InChI=1S/C27H24ClNO6S/c1-4-34-22-13-17(14-23-25(30)29(27(32)36-23)16(2)26(31)33-3)12-21(28)24(22)35-15-19-10-7-9-18-8-5-6-11-20(18)19/h5-14,16H,4,15H2,1-3H3/b23-14+/t16-/m0/s1. The predicted molar refractivity (Wildman–Crippen MR) is 140 cm³/mol. The van der Waals surface area contributed by atoms with Crippen molar-refractivity contribution < 1.29 is 28.6 Å². The molecule has 4 rings (SSSR count). The Kier molecular flexibility index (Phi) is 7.86. The number of imide groups is 1. The molecule has 36 heavy (non-hydrogen) atoms. The first-order valence-corrected chi connectivity index (χ1v) is 12.4. The van der Waals surface area contributed by atoms with Gasteiger partial charge in [-0.15, -0.1) is 0 Å². The van der Waals surface area contributed by atoms with Gasteiger partial charge in [0.25, 0.3) is 11.1 Å². The summed E-state index contributed by atoms with van der Waals surface area (Å²) >= 11 is 7.33. The Hall–Kier alpha value is -3.49. The van der Waals surface area contributed by atoms with E-state index in [-0.39, 0.29) is 11.5 Å². The molecule has 0 N–H and O–H groups in total. The third-order valence-corrected chi connectivity index (χ3v) is 6.80. The first kappa shape index (κ1) is 25.6. The Balaban J connectivity index is 1.61. The maximum absolute atomic E-state index is 12.8. The Bertz CT molecular complexity index is 1370. The number of carbonyl (C=O) groups excluding carboxylic acids is 3. The first-order valence-electron chi connectivity index (χ1n) is 11.2. The van der Waals surface area contributed by atoms with Crippen LogP contribution >= 0.6 is 23.4 Å². The molecule has 0 spiro atoms. The lowest BCUT2D eigenvalue weighted by molar-refractivity contribution is -0.148. The average molecular weight is 526 g/mol. The topological polar surface area (TPSA) is 82.1 Å². The molecule has 1 aliphatic rings. The van der Waals surface area contributed by atoms with E-state index >= 15 is 0 Å². The minimum Gasteiger partial charge on any atom is -0.490 e. The summed E-state index contributed by atoms with van der Waals surface area (Å²) in [5.74, 6) is -0.448. The molecule has 1 saturated heterocycles. The van der Waals surface area contributed by atoms with E-state index in [1.807, 2.05) is 49.4 Å². The number of nitrogens with zero attached hydrogens (tertiary/aromatic N) is 1. The van der Waals surface area contributed by atoms with Crippen molar-refractivity contribution in [2.45, 2.75) is 26.5 Å². The third-order valence-electron chi connectivity index (χ3n) is 5.63. The molecule has 1 aliphatic heterocycles. The zero-order valence-electron chi connectivity index (χ0n) is 19.9. The van der Waals surface area contributed by atoms with Gasteiger partial charge in [0.05, 0.1) is 23.6 Å². The second kappa shape index (κ2) is 11.1. The zero-order chi connectivity index (χ0) is 25.8. The van der Waals surface area contributed by atoms with Gasteiger partial charge in [-0.1, -0.05) is 54.1 Å². The summed E-state index contributed by atoms with van der Waals surface area (Å²) in [6, 6.07) is 16.4. The normalized spacial score (nSPS) is 15.4. The number of hydrogen-bond acceptors (Lipinski definition) is 7. The molecule has 1 fully saturated rings. The maximum atomic E-state index is 12.8. The van der Waals surface area contributed by atoms with Crippen LogP contribution < -0.4 is 9.47 Å². The molecule has 0 aliphatic carbocycles. The summed E-state index contributed by atoms with van der Waals surface area (Å²) in [6.45, 7) is 3.94. The van der Waals surface area contributed by atoms with Crippen LogP contribution in [0.25, 0.3) is 16.8 Å². The highest BCUT2D eigenvalue weighted by molar-refractivity contribution is 8.18. The largest absolute Gasteiger partial charge is 0.490 e. The fraction of sp³-hybridized carbons (Fsp3) is 0.222. The number of halogens is 1. The minimum atomic E-state index is -1.03. The van der Waals surface area contributed by atoms with Crippen LogP contribution in [-0.4, -0.2) is 41.8 Å². The fourth-order valence-electron chi connectivity index (χ4n) is 3.88. The highest BCUT2D eigenvalue weighted by Crippen LogP contribution is 2.40. The molecule has 0 saturated carbocycles. The molecule has 9 heteroatoms. The Morgan fingerprint density at radius 2 is 1.86 bits per heavy atom. The average Bonchev–Trinajstić information content (AvgIpc) is 3.15. The number of thioether (sulfide) groups is 1. The molecule has 0 aromatic heterocycles. The summed E-state index contributed by atoms with van der Waals surface area (Å²) in [5, 5.41) is 1.95. The van der Waals surface area contributed by atoms with Gasteiger partial charge in [-0.3, -0.25) is 14.5 Å². The van der Waals surface area contributed by atoms with Gasteiger partial charge in [-0.25, -0.2) is 4.79 Å². The zero-order valence-corrected chi connectivity index (χ0v) is 21.5. The van der Waals surface area contributed by atoms with Crippen LogP contribution in [0.15, 0.2) is 59.5 Å². The van der Waals surface area contributed by atoms with Crippen LogP contribution in [0.5, 0.6) is 11.5 Å². The molecule has 1 atom stereocenters. The van der Waals surface area contributed by atoms with Crippen LogP contribution in [0.3, 0.4) is 0 Å². The van der Waals surface area contributed by atoms with Gasteiger partial charge in [-0.2, -0.15) is 0 Å². The van der Waals surface area contributed by atoms with Crippen LogP contribution in [0.1, 0.15) is 25.0 Å². The van der Waals surface area contributed by atoms with Crippen LogP contribution in [0.2, 0.25) is 5.02 Å². The fourth-order valence-corrected chi connectivity index (χ4v) is 5.07. The summed E-state index contributed by atoms with van der Waals surface area (Å²) in [6.07, 6.45) is 1.54. The van der Waals surface area contributed by atoms with Crippen molar-refractivity contribution >= 4 is 57.3 Å². The summed E-state index contributed by atoms with van der Waals surface area (Å²) in [7, 11) is 1.20. The number of rotatable bonds is 8. The molecular formula is C27H24ClNO6S. The smallest absolute Gasteiger partial charge is 0.328 e. The predicted octanol–water partition coefficient (Wildman–Crippen LogP) is 6.07. The van der Waals surface area contributed by atoms with E-state index in [0.29, 0.717) is 28.7 Å². The van der Waals surface area contributed by atoms with Gasteiger partial charge in [0.2, 0.25) is 0 Å². The van der Waals surface area contributed by atoms with Crippen LogP contribution in [0.4, 0.5) is 4.79 Å². The lowest BCUT2D eigenvalue weighted by atomic mass is 10.1. The van der Waals surface area contributed by atoms with Gasteiger partial charge in [0.1, 0.15) is 12.6 Å². The van der Waals surface area contributed by atoms with E-state index in [9.17, 15) is 14.4 Å². The summed E-state index contributed by atoms with van der Waals surface area (Å²) in [5.41, 5.74) is 1.56. The second-order valence-electron chi connectivity index (χ2n) is 7.94. The number of esters is 1. The van der Waals surface area contributed by atoms with E-state index in [1.54, 1.807) is 12.1 Å². The first-order chi connectivity index (χ1) is 17.3. The van der Waals surface area contributed by atoms with Crippen molar-refractivity contribution in [3.8, 4) is 11.5 Å². The molecule has 3 aromatic rings. The van der Waals surface area contributed by atoms with Crippen LogP contribution in [-0.2, 0) is 20.9 Å². The van der Waals surface area contributed by atoms with Gasteiger partial charge in [0.15, 0.2) is 11.5 Å². The van der Waals surface area contributed by atoms with Gasteiger partial charge in [0, 0.05) is 0 Å². The third kappa shape index (κ3) is 5.20. The maximum Gasteiger partial charge on any atom is 0.328 e. The van der Waals surface area contributed by atoms with E-state index in [4.69, 9.17) is 21.1 Å². The Morgan fingerprint density at radius 1 is 1.11 bits per heavy atom. The Morgan fingerprint density at radius 3 is 2.61 bits per heavy atom. The van der Waals surface area contributed by atoms with Gasteiger partial charge < -0.3 is 14.2 Å². The van der Waals surface area contributed by atoms with Crippen molar-refractivity contribution in [3.05, 3.63) is 75.7 Å². The van der Waals surface area contributed by atoms with Crippen molar-refractivity contribution in [3.63, 3.8) is 0 Å². The molecule has 1 heterocycles. The lowest BCUT2D eigenvalue weighted by Gasteiger charge is -2.18. The second-order valence-corrected chi connectivity index (χ2v) is 9.34. The molecule has 2 amide bonds. The Labute approximate surface area is 218 Å². The van der Waals surface area contributed by atoms with Crippen molar-refractivity contribution in [1.29, 1.82) is 0 Å². The number of methoxy groups -OCH3 is 1. The number of benzene rings is 3. The molecule has 0 radical (unpaired) electrons. The van der Waals surface area contributed by atoms with Crippen molar-refractivity contribution in [2.75, 3.05) is 13.7 Å². The van der Waals surface area contributed by atoms with Gasteiger partial charge >= 0.3 is 5.97 Å². The number of ether oxygens (including phenoxy) is 3. The minimum absolute atomic E-state index is 0.165. The highest BCUT2D eigenvalue weighted by atomic mass is 35.5. The molecule has 0 bridgehead atoms. The van der Waals surface area contributed by atoms with Crippen molar-refractivity contribution in [2.24, 2.45) is 0 Å². The van der Waals surface area contributed by atoms with Crippen LogP contribution in [0, 0.1) is 0 Å². The van der Waals surface area contributed by atoms with E-state index in [0.717, 1.165) is 33.0 Å². The monoisotopic (exact) mass is 525 g/mol. The van der Waals surface area contributed by atoms with E-state index in [2.05, 4.69) is 4.74 Å².